The quantitative estimate of drug-likeness (QED) is 0.342. The number of rotatable bonds is 9. The molecule has 0 atom stereocenters. The second-order valence-corrected chi connectivity index (χ2v) is 6.13. The molecule has 0 heterocycles. The Morgan fingerprint density at radius 2 is 1.69 bits per heavy atom. The molecule has 0 saturated carbocycles. The zero-order valence-electron chi connectivity index (χ0n) is 9.33. The average Bonchev–Trinajstić information content (AvgIpc) is 2.08. The van der Waals surface area contributed by atoms with Gasteiger partial charge in [0.2, 0.25) is 0 Å². The van der Waals surface area contributed by atoms with Gasteiger partial charge in [0.05, 0.1) is 6.29 Å². The SMILES string of the molecule is CCCCCCN(CP([O-])[O-])C[P+]([O-])([O-])[O-]. The van der Waals surface area contributed by atoms with E-state index in [0.717, 1.165) is 19.3 Å². The Hall–Kier alpha value is 0.620. The van der Waals surface area contributed by atoms with Gasteiger partial charge in [-0.2, -0.15) is 0 Å². The number of nitrogens with zero attached hydrogens (tertiary/aromatic N) is 1. The molecule has 16 heavy (non-hydrogen) atoms. The molecule has 0 aromatic carbocycles. The first-order chi connectivity index (χ1) is 7.35. The van der Waals surface area contributed by atoms with E-state index in [9.17, 15) is 24.5 Å². The van der Waals surface area contributed by atoms with Crippen molar-refractivity contribution in [2.24, 2.45) is 0 Å². The minimum absolute atomic E-state index is 0.331. The molecule has 8 heteroatoms. The third kappa shape index (κ3) is 11.1. The first-order valence-electron chi connectivity index (χ1n) is 5.20. The summed E-state index contributed by atoms with van der Waals surface area (Å²) in [5.41, 5.74) is 0. The normalized spacial score (nSPS) is 12.8. The molecule has 0 N–H and O–H groups in total. The van der Waals surface area contributed by atoms with Gasteiger partial charge in [-0.1, -0.05) is 26.2 Å². The highest BCUT2D eigenvalue weighted by Crippen LogP contribution is 2.30. The van der Waals surface area contributed by atoms with Crippen molar-refractivity contribution in [3.8, 4) is 0 Å². The summed E-state index contributed by atoms with van der Waals surface area (Å²) in [5, 5.41) is 0. The van der Waals surface area contributed by atoms with E-state index in [2.05, 4.69) is 0 Å². The van der Waals surface area contributed by atoms with Gasteiger partial charge in [0, 0.05) is 6.54 Å². The van der Waals surface area contributed by atoms with Crippen LogP contribution in [0.15, 0.2) is 0 Å². The monoisotopic (exact) mass is 269 g/mol. The lowest BCUT2D eigenvalue weighted by Crippen LogP contribution is -2.43. The smallest absolute Gasteiger partial charge is 0.0945 e. The molecular formula is C8H17NO5P2-4. The van der Waals surface area contributed by atoms with Gasteiger partial charge >= 0.3 is 0 Å². The maximum absolute atomic E-state index is 10.5. The van der Waals surface area contributed by atoms with E-state index in [1.807, 2.05) is 6.92 Å². The van der Waals surface area contributed by atoms with E-state index in [-0.39, 0.29) is 6.29 Å². The molecule has 6 nitrogen and oxygen atoms in total. The van der Waals surface area contributed by atoms with Crippen LogP contribution in [0.4, 0.5) is 0 Å². The molecule has 0 fully saturated rings. The van der Waals surface area contributed by atoms with Crippen molar-refractivity contribution >= 4 is 16.3 Å². The van der Waals surface area contributed by atoms with Crippen molar-refractivity contribution in [2.75, 3.05) is 19.1 Å². The Kier molecular flexibility index (Phi) is 9.01. The predicted molar refractivity (Wildman–Crippen MR) is 54.4 cm³/mol. The first-order valence-corrected chi connectivity index (χ1v) is 8.29. The Bertz CT molecular complexity index is 176. The van der Waals surface area contributed by atoms with E-state index in [4.69, 9.17) is 0 Å². The van der Waals surface area contributed by atoms with E-state index >= 15 is 0 Å². The molecule has 0 saturated heterocycles. The molecule has 0 aliphatic rings. The fourth-order valence-electron chi connectivity index (χ4n) is 1.36. The minimum Gasteiger partial charge on any atom is -0.841 e. The van der Waals surface area contributed by atoms with Crippen LogP contribution >= 0.6 is 16.3 Å². The molecular weight excluding hydrogens is 252 g/mol. The second kappa shape index (κ2) is 8.67. The van der Waals surface area contributed by atoms with Crippen molar-refractivity contribution in [2.45, 2.75) is 32.6 Å². The highest BCUT2D eigenvalue weighted by molar-refractivity contribution is 7.54. The molecule has 98 valence electrons. The summed E-state index contributed by atoms with van der Waals surface area (Å²) in [6.45, 7) is 2.37. The zero-order valence-corrected chi connectivity index (χ0v) is 11.1. The number of hydrogen-bond acceptors (Lipinski definition) is 6. The lowest BCUT2D eigenvalue weighted by molar-refractivity contribution is -0.429. The van der Waals surface area contributed by atoms with Gasteiger partial charge in [0.1, 0.15) is 0 Å². The second-order valence-electron chi connectivity index (χ2n) is 3.68. The number of hydrogen-bond donors (Lipinski definition) is 0. The summed E-state index contributed by atoms with van der Waals surface area (Å²) in [7, 11) is -7.37. The predicted octanol–water partition coefficient (Wildman–Crippen LogP) is -2.34. The van der Waals surface area contributed by atoms with Crippen LogP contribution in [0.2, 0.25) is 0 Å². The Labute approximate surface area is 98.0 Å². The van der Waals surface area contributed by atoms with Crippen LogP contribution in [-0.2, 0) is 0 Å². The van der Waals surface area contributed by atoms with Crippen molar-refractivity contribution in [1.29, 1.82) is 0 Å². The molecule has 0 spiro atoms. The fourth-order valence-corrected chi connectivity index (χ4v) is 2.81. The number of unbranched alkanes of at least 4 members (excludes halogenated alkanes) is 3. The summed E-state index contributed by atoms with van der Waals surface area (Å²) < 4.78 is 0. The van der Waals surface area contributed by atoms with Gasteiger partial charge in [-0.15, -0.1) is 7.94 Å². The van der Waals surface area contributed by atoms with Gasteiger partial charge in [-0.05, 0) is 12.7 Å². The average molecular weight is 269 g/mol. The Balaban J connectivity index is 3.91. The molecule has 0 radical (unpaired) electrons. The van der Waals surface area contributed by atoms with Crippen LogP contribution < -0.4 is 24.5 Å². The molecule has 0 bridgehead atoms. The molecule has 0 amide bonds. The third-order valence-corrected chi connectivity index (χ3v) is 3.39. The highest BCUT2D eigenvalue weighted by Gasteiger charge is 2.07. The maximum atomic E-state index is 10.5. The van der Waals surface area contributed by atoms with Gasteiger partial charge in [0.15, 0.2) is 0 Å². The first kappa shape index (κ1) is 16.6. The largest absolute Gasteiger partial charge is 0.841 e. The van der Waals surface area contributed by atoms with Gasteiger partial charge < -0.3 is 24.5 Å². The van der Waals surface area contributed by atoms with Gasteiger partial charge in [-0.25, -0.2) is 0 Å². The van der Waals surface area contributed by atoms with E-state index < -0.39 is 22.6 Å². The summed E-state index contributed by atoms with van der Waals surface area (Å²) in [4.78, 5) is 53.8. The lowest BCUT2D eigenvalue weighted by Gasteiger charge is -2.47. The molecule has 0 unspecified atom stereocenters. The standard InChI is InChI=1S/C8H19NO5P2/c1-2-3-4-5-6-9(7-15(10)11)8-16(12,13)14/h2-8H2,1H3,(H2,12,13,14)/q-2/p-2. The summed E-state index contributed by atoms with van der Waals surface area (Å²) in [6, 6.07) is 0. The van der Waals surface area contributed by atoms with Crippen molar-refractivity contribution in [1.82, 2.24) is 4.90 Å². The molecule has 0 aromatic heterocycles. The van der Waals surface area contributed by atoms with Crippen LogP contribution in [0.3, 0.4) is 0 Å². The summed E-state index contributed by atoms with van der Waals surface area (Å²) in [5.74, 6) is 0. The third-order valence-electron chi connectivity index (χ3n) is 2.02. The minimum atomic E-state index is -4.68. The van der Waals surface area contributed by atoms with Gasteiger partial charge in [0.25, 0.3) is 0 Å². The highest BCUT2D eigenvalue weighted by atomic mass is 31.2. The van der Waals surface area contributed by atoms with Crippen molar-refractivity contribution < 1.29 is 24.5 Å². The molecule has 0 rings (SSSR count). The lowest BCUT2D eigenvalue weighted by atomic mass is 10.2. The van der Waals surface area contributed by atoms with E-state index in [0.29, 0.717) is 13.0 Å². The van der Waals surface area contributed by atoms with Crippen LogP contribution in [0, 0.1) is 0 Å². The van der Waals surface area contributed by atoms with Crippen LogP contribution in [-0.4, -0.2) is 24.0 Å². The zero-order chi connectivity index (χ0) is 12.6. The van der Waals surface area contributed by atoms with Gasteiger partial charge in [-0.3, -0.25) is 13.3 Å². The fraction of sp³-hybridized carbons (Fsp3) is 1.00. The Morgan fingerprint density at radius 1 is 1.06 bits per heavy atom. The van der Waals surface area contributed by atoms with Crippen LogP contribution in [0.25, 0.3) is 0 Å². The van der Waals surface area contributed by atoms with Crippen molar-refractivity contribution in [3.05, 3.63) is 0 Å². The molecule has 0 aliphatic carbocycles. The van der Waals surface area contributed by atoms with Crippen LogP contribution in [0.5, 0.6) is 0 Å². The van der Waals surface area contributed by atoms with E-state index in [1.165, 1.54) is 4.90 Å². The van der Waals surface area contributed by atoms with Crippen molar-refractivity contribution in [3.63, 3.8) is 0 Å². The summed E-state index contributed by atoms with van der Waals surface area (Å²) >= 11 is 0. The topological polar surface area (TPSA) is 119 Å². The van der Waals surface area contributed by atoms with E-state index in [1.54, 1.807) is 0 Å². The molecule has 0 aromatic rings. The summed E-state index contributed by atoms with van der Waals surface area (Å²) in [6.07, 6.45) is 2.60. The Morgan fingerprint density at radius 3 is 2.12 bits per heavy atom. The maximum Gasteiger partial charge on any atom is 0.0945 e. The molecule has 0 aliphatic heterocycles. The van der Waals surface area contributed by atoms with Crippen LogP contribution in [0.1, 0.15) is 32.6 Å².